The lowest BCUT2D eigenvalue weighted by Gasteiger charge is -2.14. The number of fused-ring (bicyclic) bond motifs is 12. The molecule has 14 aromatic rings. The van der Waals surface area contributed by atoms with Gasteiger partial charge in [-0.05, 0) is 87.9 Å². The van der Waals surface area contributed by atoms with Crippen LogP contribution >= 0.6 is 11.3 Å². The molecule has 65 heavy (non-hydrogen) atoms. The lowest BCUT2D eigenvalue weighted by Crippen LogP contribution is -2.01. The van der Waals surface area contributed by atoms with E-state index in [4.69, 9.17) is 19.4 Å². The summed E-state index contributed by atoms with van der Waals surface area (Å²) in [5.41, 5.74) is 9.71. The number of nitrogens with zero attached hydrogens (tertiary/aromatic N) is 4. The molecule has 0 saturated heterocycles. The second-order valence-electron chi connectivity index (χ2n) is 16.7. The third-order valence-electron chi connectivity index (χ3n) is 13.0. The summed E-state index contributed by atoms with van der Waals surface area (Å²) in [7, 11) is 0. The molecule has 0 N–H and O–H groups in total. The van der Waals surface area contributed by atoms with Crippen LogP contribution in [0.3, 0.4) is 0 Å². The molecule has 14 rings (SSSR count). The number of rotatable bonds is 5. The Morgan fingerprint density at radius 3 is 1.91 bits per heavy atom. The van der Waals surface area contributed by atoms with E-state index in [0.717, 1.165) is 66.5 Å². The summed E-state index contributed by atoms with van der Waals surface area (Å²) in [6.07, 6.45) is 0. The summed E-state index contributed by atoms with van der Waals surface area (Å²) < 4.78 is 11.9. The fourth-order valence-corrected chi connectivity index (χ4v) is 11.1. The van der Waals surface area contributed by atoms with Gasteiger partial charge in [-0.1, -0.05) is 146 Å². The molecular formula is C59H34N4OS. The molecule has 0 aliphatic carbocycles. The van der Waals surface area contributed by atoms with E-state index in [1.165, 1.54) is 52.5 Å². The van der Waals surface area contributed by atoms with E-state index < -0.39 is 0 Å². The quantitative estimate of drug-likeness (QED) is 0.173. The average Bonchev–Trinajstić information content (AvgIpc) is 4.05. The second kappa shape index (κ2) is 14.0. The number of furan rings is 1. The van der Waals surface area contributed by atoms with Gasteiger partial charge >= 0.3 is 0 Å². The highest BCUT2D eigenvalue weighted by Crippen LogP contribution is 2.45. The van der Waals surface area contributed by atoms with Gasteiger partial charge in [0.1, 0.15) is 5.58 Å². The van der Waals surface area contributed by atoms with Gasteiger partial charge in [-0.3, -0.25) is 0 Å². The highest BCUT2D eigenvalue weighted by atomic mass is 32.1. The molecule has 0 spiro atoms. The van der Waals surface area contributed by atoms with Gasteiger partial charge in [-0.2, -0.15) is 0 Å². The van der Waals surface area contributed by atoms with Gasteiger partial charge in [0, 0.05) is 63.8 Å². The smallest absolute Gasteiger partial charge is 0.164 e. The van der Waals surface area contributed by atoms with E-state index in [1.54, 1.807) is 11.3 Å². The standard InChI is InChI=1S/C59H34N4OS/c1-2-13-35(14-3-1)37-18-12-19-40(31-37)57-60-58(41-26-30-53-48(33-41)43-21-9-11-24-52(43)65-53)62-59(61-57)46-28-29-49(56-54(46)45-22-8-10-23-51(45)64-56)63-50-34-39-17-5-4-16-38(39)32-47(50)44-27-25-36-15-6-7-20-42(36)55(44)63/h1-34H. The highest BCUT2D eigenvalue weighted by molar-refractivity contribution is 7.25. The fraction of sp³-hybridized carbons (Fsp3) is 0. The Labute approximate surface area is 376 Å². The summed E-state index contributed by atoms with van der Waals surface area (Å²) in [5.74, 6) is 1.79. The van der Waals surface area contributed by atoms with E-state index in [-0.39, 0.29) is 0 Å². The van der Waals surface area contributed by atoms with E-state index in [9.17, 15) is 0 Å². The average molecular weight is 847 g/mol. The predicted molar refractivity (Wildman–Crippen MR) is 271 cm³/mol. The predicted octanol–water partition coefficient (Wildman–Crippen LogP) is 16.2. The van der Waals surface area contributed by atoms with Crippen LogP contribution in [0.4, 0.5) is 0 Å². The van der Waals surface area contributed by atoms with Gasteiger partial charge in [0.2, 0.25) is 0 Å². The van der Waals surface area contributed by atoms with Gasteiger partial charge in [-0.25, -0.2) is 15.0 Å². The first kappa shape index (κ1) is 36.1. The second-order valence-corrected chi connectivity index (χ2v) is 17.8. The summed E-state index contributed by atoms with van der Waals surface area (Å²) in [6, 6.07) is 73.2. The molecule has 4 aromatic heterocycles. The first-order valence-electron chi connectivity index (χ1n) is 21.8. The third kappa shape index (κ3) is 5.61. The van der Waals surface area contributed by atoms with Gasteiger partial charge < -0.3 is 8.98 Å². The molecule has 0 atom stereocenters. The highest BCUT2D eigenvalue weighted by Gasteiger charge is 2.24. The van der Waals surface area contributed by atoms with Crippen molar-refractivity contribution in [2.75, 3.05) is 0 Å². The SMILES string of the molecule is c1ccc(-c2cccc(-c3nc(-c4ccc5sc6ccccc6c5c4)nc(-c4ccc(-n5c6cc7ccccc7cc6c6ccc7ccccc7c65)c5oc6ccccc6c45)n3)c2)cc1. The van der Waals surface area contributed by atoms with Crippen molar-refractivity contribution in [2.45, 2.75) is 0 Å². The van der Waals surface area contributed by atoms with Crippen molar-refractivity contribution in [1.82, 2.24) is 19.5 Å². The van der Waals surface area contributed by atoms with Crippen molar-refractivity contribution < 1.29 is 4.42 Å². The first-order chi connectivity index (χ1) is 32.2. The van der Waals surface area contributed by atoms with Crippen molar-refractivity contribution in [1.29, 1.82) is 0 Å². The number of thiophene rings is 1. The maximum absolute atomic E-state index is 7.05. The molecule has 4 heterocycles. The summed E-state index contributed by atoms with van der Waals surface area (Å²) >= 11 is 1.81. The maximum Gasteiger partial charge on any atom is 0.164 e. The molecule has 0 aliphatic rings. The normalized spacial score (nSPS) is 12.0. The van der Waals surface area contributed by atoms with Crippen molar-refractivity contribution in [2.24, 2.45) is 0 Å². The molecule has 0 saturated carbocycles. The Morgan fingerprint density at radius 1 is 0.385 bits per heavy atom. The maximum atomic E-state index is 7.05. The Bertz CT molecular complexity index is 4260. The van der Waals surface area contributed by atoms with E-state index in [1.807, 2.05) is 12.1 Å². The fourth-order valence-electron chi connectivity index (χ4n) is 9.98. The molecule has 6 heteroatoms. The molecule has 0 fully saturated rings. The Balaban J connectivity index is 1.06. The summed E-state index contributed by atoms with van der Waals surface area (Å²) in [4.78, 5) is 16.0. The van der Waals surface area contributed by atoms with Crippen LogP contribution in [0.5, 0.6) is 0 Å². The van der Waals surface area contributed by atoms with Crippen LogP contribution in [0.25, 0.3) is 136 Å². The molecule has 0 aliphatic heterocycles. The number of para-hydroxylation sites is 1. The Hall–Kier alpha value is -8.45. The monoisotopic (exact) mass is 846 g/mol. The Morgan fingerprint density at radius 2 is 1.05 bits per heavy atom. The zero-order valence-electron chi connectivity index (χ0n) is 34.7. The van der Waals surface area contributed by atoms with Crippen LogP contribution in [0, 0.1) is 0 Å². The topological polar surface area (TPSA) is 56.7 Å². The molecule has 5 nitrogen and oxygen atoms in total. The van der Waals surface area contributed by atoms with Crippen molar-refractivity contribution in [3.63, 3.8) is 0 Å². The third-order valence-corrected chi connectivity index (χ3v) is 14.2. The lowest BCUT2D eigenvalue weighted by atomic mass is 10.0. The molecule has 0 unspecified atom stereocenters. The minimum absolute atomic E-state index is 0.576. The minimum atomic E-state index is 0.576. The van der Waals surface area contributed by atoms with Gasteiger partial charge in [-0.15, -0.1) is 11.3 Å². The van der Waals surface area contributed by atoms with E-state index in [0.29, 0.717) is 17.5 Å². The summed E-state index contributed by atoms with van der Waals surface area (Å²) in [5, 5.41) is 11.5. The number of benzene rings is 10. The summed E-state index contributed by atoms with van der Waals surface area (Å²) in [6.45, 7) is 0. The van der Waals surface area contributed by atoms with E-state index in [2.05, 4.69) is 199 Å². The Kier molecular flexibility index (Phi) is 7.79. The van der Waals surface area contributed by atoms with Crippen LogP contribution in [0.2, 0.25) is 0 Å². The minimum Gasteiger partial charge on any atom is -0.454 e. The van der Waals surface area contributed by atoms with Crippen LogP contribution in [-0.2, 0) is 0 Å². The van der Waals surface area contributed by atoms with Gasteiger partial charge in [0.25, 0.3) is 0 Å². The van der Waals surface area contributed by atoms with Gasteiger partial charge in [0.05, 0.1) is 16.7 Å². The first-order valence-corrected chi connectivity index (χ1v) is 22.7. The zero-order chi connectivity index (χ0) is 42.6. The zero-order valence-corrected chi connectivity index (χ0v) is 35.6. The van der Waals surface area contributed by atoms with E-state index >= 15 is 0 Å². The number of hydrogen-bond donors (Lipinski definition) is 0. The molecule has 0 amide bonds. The van der Waals surface area contributed by atoms with Crippen LogP contribution < -0.4 is 0 Å². The lowest BCUT2D eigenvalue weighted by molar-refractivity contribution is 0.666. The number of aromatic nitrogens is 4. The molecular weight excluding hydrogens is 813 g/mol. The largest absolute Gasteiger partial charge is 0.454 e. The van der Waals surface area contributed by atoms with Crippen LogP contribution in [-0.4, -0.2) is 19.5 Å². The van der Waals surface area contributed by atoms with Gasteiger partial charge in [0.15, 0.2) is 23.1 Å². The van der Waals surface area contributed by atoms with Crippen molar-refractivity contribution in [3.8, 4) is 51.0 Å². The molecule has 10 aromatic carbocycles. The molecule has 0 bridgehead atoms. The van der Waals surface area contributed by atoms with Crippen molar-refractivity contribution >= 4 is 96.8 Å². The van der Waals surface area contributed by atoms with Crippen molar-refractivity contribution in [3.05, 3.63) is 206 Å². The molecule has 302 valence electrons. The molecule has 0 radical (unpaired) electrons. The number of hydrogen-bond acceptors (Lipinski definition) is 5. The van der Waals surface area contributed by atoms with Crippen LogP contribution in [0.1, 0.15) is 0 Å². The van der Waals surface area contributed by atoms with Crippen LogP contribution in [0.15, 0.2) is 211 Å².